The van der Waals surface area contributed by atoms with Gasteiger partial charge in [-0.25, -0.2) is 4.98 Å². The van der Waals surface area contributed by atoms with E-state index in [1.807, 2.05) is 59.6 Å². The van der Waals surface area contributed by atoms with Crippen LogP contribution in [-0.2, 0) is 6.54 Å². The quantitative estimate of drug-likeness (QED) is 0.510. The van der Waals surface area contributed by atoms with Gasteiger partial charge in [-0.3, -0.25) is 4.68 Å². The lowest BCUT2D eigenvalue weighted by atomic mass is 10.1. The molecule has 0 aliphatic carbocycles. The minimum Gasteiger partial charge on any atom is -0.351 e. The Hall–Kier alpha value is -3.30. The number of nitriles is 1. The third kappa shape index (κ3) is 3.50. The smallest absolute Gasteiger partial charge is 0.116 e. The summed E-state index contributed by atoms with van der Waals surface area (Å²) in [5.41, 5.74) is 4.21. The molecule has 0 spiro atoms. The van der Waals surface area contributed by atoms with Gasteiger partial charge in [0, 0.05) is 11.6 Å². The van der Waals surface area contributed by atoms with Crippen molar-refractivity contribution < 1.29 is 0 Å². The minimum atomic E-state index is 0.553. The second-order valence-electron chi connectivity index (χ2n) is 6.04. The average molecular weight is 371 g/mol. The lowest BCUT2D eigenvalue weighted by Gasteiger charge is -2.12. The fourth-order valence-corrected chi connectivity index (χ4v) is 3.54. The molecule has 0 amide bonds. The zero-order valence-electron chi connectivity index (χ0n) is 14.8. The number of thioether (sulfide) groups is 1. The molecule has 2 aromatic carbocycles. The molecule has 132 valence electrons. The minimum absolute atomic E-state index is 0.553. The first-order chi connectivity index (χ1) is 13.3. The number of aromatic nitrogens is 3. The topological polar surface area (TPSA) is 66.5 Å². The van der Waals surface area contributed by atoms with E-state index in [0.717, 1.165) is 27.3 Å². The predicted octanol–water partition coefficient (Wildman–Crippen LogP) is 4.82. The molecule has 4 rings (SSSR count). The monoisotopic (exact) mass is 371 g/mol. The van der Waals surface area contributed by atoms with Gasteiger partial charge in [0.15, 0.2) is 0 Å². The summed E-state index contributed by atoms with van der Waals surface area (Å²) in [5.74, 6) is 0. The normalized spacial score (nSPS) is 10.7. The van der Waals surface area contributed by atoms with Gasteiger partial charge in [0.1, 0.15) is 16.7 Å². The molecule has 0 saturated heterocycles. The number of pyridine rings is 1. The van der Waals surface area contributed by atoms with Crippen molar-refractivity contribution in [3.63, 3.8) is 0 Å². The number of nitrogens with one attached hydrogen (secondary N) is 1. The lowest BCUT2D eigenvalue weighted by molar-refractivity contribution is 0.687. The summed E-state index contributed by atoms with van der Waals surface area (Å²) in [6.07, 6.45) is 5.65. The van der Waals surface area contributed by atoms with Gasteiger partial charge in [-0.05, 0) is 17.9 Å². The maximum absolute atomic E-state index is 9.70. The largest absolute Gasteiger partial charge is 0.351 e. The van der Waals surface area contributed by atoms with Crippen LogP contribution in [0.15, 0.2) is 72.0 Å². The van der Waals surface area contributed by atoms with Crippen molar-refractivity contribution >= 4 is 34.0 Å². The molecule has 6 heteroatoms. The first-order valence-electron chi connectivity index (χ1n) is 8.48. The SMILES string of the molecule is CSc1nc2ccccc2c(Nc2cnn(Cc3ccccc3)c2)c1C#N. The Balaban J connectivity index is 1.70. The first-order valence-corrected chi connectivity index (χ1v) is 9.71. The van der Waals surface area contributed by atoms with E-state index in [1.165, 1.54) is 17.3 Å². The number of para-hydroxylation sites is 1. The molecule has 0 atom stereocenters. The fourth-order valence-electron chi connectivity index (χ4n) is 3.00. The summed E-state index contributed by atoms with van der Waals surface area (Å²) in [4.78, 5) is 4.61. The van der Waals surface area contributed by atoms with Crippen LogP contribution in [-0.4, -0.2) is 21.0 Å². The summed E-state index contributed by atoms with van der Waals surface area (Å²) in [7, 11) is 0. The molecule has 0 radical (unpaired) electrons. The fraction of sp³-hybridized carbons (Fsp3) is 0.0952. The van der Waals surface area contributed by atoms with Crippen molar-refractivity contribution in [2.45, 2.75) is 11.6 Å². The Morgan fingerprint density at radius 1 is 1.11 bits per heavy atom. The highest BCUT2D eigenvalue weighted by molar-refractivity contribution is 7.98. The van der Waals surface area contributed by atoms with Crippen molar-refractivity contribution in [2.24, 2.45) is 0 Å². The maximum atomic E-state index is 9.70. The lowest BCUT2D eigenvalue weighted by Crippen LogP contribution is -2.00. The zero-order valence-corrected chi connectivity index (χ0v) is 15.6. The highest BCUT2D eigenvalue weighted by Crippen LogP contribution is 2.34. The molecular weight excluding hydrogens is 354 g/mol. The molecule has 1 N–H and O–H groups in total. The van der Waals surface area contributed by atoms with Crippen LogP contribution in [0.4, 0.5) is 11.4 Å². The van der Waals surface area contributed by atoms with Crippen molar-refractivity contribution in [1.29, 1.82) is 5.26 Å². The summed E-state index contributed by atoms with van der Waals surface area (Å²) >= 11 is 1.47. The Morgan fingerprint density at radius 3 is 2.67 bits per heavy atom. The molecule has 0 fully saturated rings. The van der Waals surface area contributed by atoms with Gasteiger partial charge in [0.2, 0.25) is 0 Å². The second-order valence-corrected chi connectivity index (χ2v) is 6.83. The van der Waals surface area contributed by atoms with Gasteiger partial charge in [0.05, 0.1) is 29.6 Å². The molecule has 0 aliphatic heterocycles. The van der Waals surface area contributed by atoms with E-state index in [9.17, 15) is 5.26 Å². The Morgan fingerprint density at radius 2 is 1.89 bits per heavy atom. The molecule has 0 unspecified atom stereocenters. The van der Waals surface area contributed by atoms with Crippen molar-refractivity contribution in [2.75, 3.05) is 11.6 Å². The standard InChI is InChI=1S/C21H17N5S/c1-27-21-18(11-22)20(17-9-5-6-10-19(17)25-21)24-16-12-23-26(14-16)13-15-7-3-2-4-8-15/h2-10,12,14H,13H2,1H3,(H,24,25). The number of benzene rings is 2. The zero-order chi connectivity index (χ0) is 18.6. The number of hydrogen-bond donors (Lipinski definition) is 1. The average Bonchev–Trinajstić information content (AvgIpc) is 3.15. The van der Waals surface area contributed by atoms with Crippen LogP contribution in [0.2, 0.25) is 0 Å². The van der Waals surface area contributed by atoms with Gasteiger partial charge in [-0.1, -0.05) is 48.5 Å². The van der Waals surface area contributed by atoms with E-state index in [-0.39, 0.29) is 0 Å². The van der Waals surface area contributed by atoms with Gasteiger partial charge in [-0.2, -0.15) is 10.4 Å². The summed E-state index contributed by atoms with van der Waals surface area (Å²) in [5, 5.41) is 19.2. The van der Waals surface area contributed by atoms with E-state index in [1.54, 1.807) is 6.20 Å². The number of rotatable bonds is 5. The molecule has 2 aromatic heterocycles. The second kappa shape index (κ2) is 7.52. The van der Waals surface area contributed by atoms with Gasteiger partial charge in [-0.15, -0.1) is 11.8 Å². The number of nitrogens with zero attached hydrogens (tertiary/aromatic N) is 4. The van der Waals surface area contributed by atoms with Crippen LogP contribution in [0.1, 0.15) is 11.1 Å². The maximum Gasteiger partial charge on any atom is 0.116 e. The molecule has 0 aliphatic rings. The molecule has 0 saturated carbocycles. The number of hydrogen-bond acceptors (Lipinski definition) is 5. The Kier molecular flexibility index (Phi) is 4.77. The van der Waals surface area contributed by atoms with E-state index in [2.05, 4.69) is 33.6 Å². The van der Waals surface area contributed by atoms with Crippen LogP contribution >= 0.6 is 11.8 Å². The van der Waals surface area contributed by atoms with E-state index >= 15 is 0 Å². The van der Waals surface area contributed by atoms with Crippen LogP contribution in [0.25, 0.3) is 10.9 Å². The summed E-state index contributed by atoms with van der Waals surface area (Å²) in [6.45, 7) is 0.695. The number of fused-ring (bicyclic) bond motifs is 1. The van der Waals surface area contributed by atoms with E-state index in [0.29, 0.717) is 12.1 Å². The van der Waals surface area contributed by atoms with Crippen LogP contribution in [0.3, 0.4) is 0 Å². The van der Waals surface area contributed by atoms with E-state index in [4.69, 9.17) is 0 Å². The molecular formula is C21H17N5S. The highest BCUT2D eigenvalue weighted by Gasteiger charge is 2.15. The van der Waals surface area contributed by atoms with Crippen LogP contribution in [0, 0.1) is 11.3 Å². The molecule has 0 bridgehead atoms. The van der Waals surface area contributed by atoms with Crippen molar-refractivity contribution in [3.05, 3.63) is 78.1 Å². The molecule has 27 heavy (non-hydrogen) atoms. The first kappa shape index (κ1) is 17.1. The van der Waals surface area contributed by atoms with Crippen LogP contribution in [0.5, 0.6) is 0 Å². The third-order valence-corrected chi connectivity index (χ3v) is 4.94. The Labute approximate surface area is 161 Å². The van der Waals surface area contributed by atoms with Gasteiger partial charge in [0.25, 0.3) is 0 Å². The summed E-state index contributed by atoms with van der Waals surface area (Å²) in [6, 6.07) is 20.3. The molecule has 2 heterocycles. The van der Waals surface area contributed by atoms with Gasteiger partial charge < -0.3 is 5.32 Å². The molecule has 5 nitrogen and oxygen atoms in total. The van der Waals surface area contributed by atoms with E-state index < -0.39 is 0 Å². The van der Waals surface area contributed by atoms with Crippen molar-refractivity contribution in [1.82, 2.24) is 14.8 Å². The van der Waals surface area contributed by atoms with Crippen LogP contribution < -0.4 is 5.32 Å². The third-order valence-electron chi connectivity index (χ3n) is 4.25. The molecule has 4 aromatic rings. The summed E-state index contributed by atoms with van der Waals surface area (Å²) < 4.78 is 1.88. The van der Waals surface area contributed by atoms with Gasteiger partial charge >= 0.3 is 0 Å². The number of anilines is 2. The highest BCUT2D eigenvalue weighted by atomic mass is 32.2. The predicted molar refractivity (Wildman–Crippen MR) is 109 cm³/mol. The van der Waals surface area contributed by atoms with Crippen molar-refractivity contribution in [3.8, 4) is 6.07 Å². The Bertz CT molecular complexity index is 1130.